The number of ether oxygens (including phenoxy) is 1. The van der Waals surface area contributed by atoms with E-state index in [1.807, 2.05) is 30.2 Å². The first-order valence-electron chi connectivity index (χ1n) is 13.0. The lowest BCUT2D eigenvalue weighted by molar-refractivity contribution is -0.142. The first kappa shape index (κ1) is 27.2. The Morgan fingerprint density at radius 3 is 2.71 bits per heavy atom. The van der Waals surface area contributed by atoms with Crippen LogP contribution in [0.4, 0.5) is 0 Å². The molecule has 8 nitrogen and oxygen atoms in total. The van der Waals surface area contributed by atoms with Gasteiger partial charge in [0.15, 0.2) is 5.54 Å². The molecule has 1 fully saturated rings. The summed E-state index contributed by atoms with van der Waals surface area (Å²) in [6.45, 7) is 0.387. The predicted octanol–water partition coefficient (Wildman–Crippen LogP) is 5.19. The SMILES string of the molecule is NC(C(=O)O)(C(=C=O)C(CC=Cc1cccnc1)CCOC1CCCCC1)c1ccccc1-c1ncco1. The Hall–Kier alpha value is -3.84. The van der Waals surface area contributed by atoms with Gasteiger partial charge in [0.05, 0.1) is 17.9 Å². The number of carboxylic acids is 1. The number of allylic oxidation sites excluding steroid dienone is 1. The summed E-state index contributed by atoms with van der Waals surface area (Å²) in [5, 5.41) is 10.5. The molecule has 38 heavy (non-hydrogen) atoms. The average molecular weight is 516 g/mol. The molecule has 8 heteroatoms. The molecule has 1 saturated carbocycles. The number of aliphatic carboxylic acids is 1. The van der Waals surface area contributed by atoms with Crippen molar-refractivity contribution in [1.29, 1.82) is 0 Å². The first-order chi connectivity index (χ1) is 18.5. The summed E-state index contributed by atoms with van der Waals surface area (Å²) in [5.74, 6) is 0.276. The summed E-state index contributed by atoms with van der Waals surface area (Å²) in [5.41, 5.74) is 5.99. The van der Waals surface area contributed by atoms with E-state index in [1.165, 1.54) is 18.9 Å². The topological polar surface area (TPSA) is 129 Å². The molecule has 0 amide bonds. The third-order valence-corrected chi connectivity index (χ3v) is 7.08. The molecule has 0 aliphatic heterocycles. The van der Waals surface area contributed by atoms with Gasteiger partial charge in [0.1, 0.15) is 12.2 Å². The van der Waals surface area contributed by atoms with E-state index >= 15 is 0 Å². The number of nitrogens with two attached hydrogens (primary N) is 1. The van der Waals surface area contributed by atoms with Crippen LogP contribution in [0.25, 0.3) is 17.5 Å². The fourth-order valence-corrected chi connectivity index (χ4v) is 5.06. The van der Waals surface area contributed by atoms with Crippen LogP contribution in [0.3, 0.4) is 0 Å². The number of hydrogen-bond donors (Lipinski definition) is 2. The van der Waals surface area contributed by atoms with Crippen molar-refractivity contribution in [2.75, 3.05) is 6.61 Å². The zero-order valence-corrected chi connectivity index (χ0v) is 21.3. The van der Waals surface area contributed by atoms with Crippen molar-refractivity contribution in [3.8, 4) is 11.5 Å². The molecule has 2 heterocycles. The number of pyridine rings is 1. The highest BCUT2D eigenvalue weighted by Gasteiger charge is 2.46. The second kappa shape index (κ2) is 13.1. The second-order valence-electron chi connectivity index (χ2n) is 9.55. The molecular formula is C30H33N3O5. The molecule has 4 rings (SSSR count). The van der Waals surface area contributed by atoms with Crippen molar-refractivity contribution in [2.24, 2.45) is 11.7 Å². The Bertz CT molecular complexity index is 1260. The Morgan fingerprint density at radius 1 is 1.21 bits per heavy atom. The number of carbonyl (C=O) groups excluding carboxylic acids is 1. The largest absolute Gasteiger partial charge is 0.479 e. The summed E-state index contributed by atoms with van der Waals surface area (Å²) >= 11 is 0. The van der Waals surface area contributed by atoms with Crippen LogP contribution in [0, 0.1) is 5.92 Å². The maximum atomic E-state index is 12.8. The molecule has 2 aromatic heterocycles. The molecule has 1 aliphatic carbocycles. The van der Waals surface area contributed by atoms with Gasteiger partial charge in [-0.2, -0.15) is 0 Å². The third kappa shape index (κ3) is 6.34. The van der Waals surface area contributed by atoms with E-state index in [9.17, 15) is 14.7 Å². The van der Waals surface area contributed by atoms with Crippen molar-refractivity contribution >= 4 is 18.0 Å². The number of aromatic nitrogens is 2. The highest BCUT2D eigenvalue weighted by atomic mass is 16.5. The van der Waals surface area contributed by atoms with Gasteiger partial charge < -0.3 is 20.0 Å². The molecule has 0 bridgehead atoms. The van der Waals surface area contributed by atoms with E-state index in [4.69, 9.17) is 14.9 Å². The second-order valence-corrected chi connectivity index (χ2v) is 9.55. The number of carbonyl (C=O) groups is 1. The normalized spacial score (nSPS) is 16.6. The monoisotopic (exact) mass is 515 g/mol. The molecular weight excluding hydrogens is 482 g/mol. The number of oxazole rings is 1. The van der Waals surface area contributed by atoms with Crippen LogP contribution in [0.5, 0.6) is 0 Å². The van der Waals surface area contributed by atoms with E-state index in [0.29, 0.717) is 25.0 Å². The van der Waals surface area contributed by atoms with Crippen molar-refractivity contribution in [2.45, 2.75) is 56.6 Å². The average Bonchev–Trinajstić information content (AvgIpc) is 3.49. The lowest BCUT2D eigenvalue weighted by Gasteiger charge is -2.32. The van der Waals surface area contributed by atoms with Gasteiger partial charge in [-0.25, -0.2) is 14.6 Å². The quantitative estimate of drug-likeness (QED) is 0.315. The lowest BCUT2D eigenvalue weighted by atomic mass is 9.74. The van der Waals surface area contributed by atoms with Crippen molar-refractivity contribution < 1.29 is 23.8 Å². The summed E-state index contributed by atoms with van der Waals surface area (Å²) in [6, 6.07) is 10.4. The smallest absolute Gasteiger partial charge is 0.333 e. The first-order valence-corrected chi connectivity index (χ1v) is 13.0. The minimum Gasteiger partial charge on any atom is -0.479 e. The minimum atomic E-state index is -2.15. The van der Waals surface area contributed by atoms with Gasteiger partial charge in [-0.1, -0.05) is 55.7 Å². The van der Waals surface area contributed by atoms with E-state index in [-0.39, 0.29) is 23.1 Å². The number of benzene rings is 1. The van der Waals surface area contributed by atoms with Gasteiger partial charge in [0.2, 0.25) is 5.89 Å². The van der Waals surface area contributed by atoms with Crippen molar-refractivity contribution in [1.82, 2.24) is 9.97 Å². The molecule has 0 radical (unpaired) electrons. The summed E-state index contributed by atoms with van der Waals surface area (Å²) < 4.78 is 11.6. The Morgan fingerprint density at radius 2 is 2.03 bits per heavy atom. The Labute approximate surface area is 222 Å². The highest BCUT2D eigenvalue weighted by Crippen LogP contribution is 2.39. The number of hydrogen-bond acceptors (Lipinski definition) is 7. The molecule has 1 aliphatic rings. The molecule has 0 saturated heterocycles. The summed E-state index contributed by atoms with van der Waals surface area (Å²) in [4.78, 5) is 33.7. The van der Waals surface area contributed by atoms with Gasteiger partial charge in [0.25, 0.3) is 0 Å². The molecule has 198 valence electrons. The third-order valence-electron chi connectivity index (χ3n) is 7.08. The minimum absolute atomic E-state index is 0.0490. The number of carboxylic acid groups (broad SMARTS) is 1. The molecule has 0 spiro atoms. The number of rotatable bonds is 12. The molecule has 1 aromatic carbocycles. The summed E-state index contributed by atoms with van der Waals surface area (Å²) in [7, 11) is 0. The van der Waals surface area contributed by atoms with Crippen LogP contribution in [-0.4, -0.2) is 39.7 Å². The van der Waals surface area contributed by atoms with E-state index in [1.54, 1.807) is 36.7 Å². The van der Waals surface area contributed by atoms with Gasteiger partial charge in [-0.15, -0.1) is 0 Å². The van der Waals surface area contributed by atoms with E-state index < -0.39 is 17.4 Å². The van der Waals surface area contributed by atoms with Crippen molar-refractivity contribution in [3.63, 3.8) is 0 Å². The van der Waals surface area contributed by atoms with Gasteiger partial charge in [-0.3, -0.25) is 4.98 Å². The Kier molecular flexibility index (Phi) is 9.38. The fourth-order valence-electron chi connectivity index (χ4n) is 5.06. The van der Waals surface area contributed by atoms with Crippen LogP contribution in [-0.2, 0) is 19.9 Å². The van der Waals surface area contributed by atoms with E-state index in [2.05, 4.69) is 9.97 Å². The lowest BCUT2D eigenvalue weighted by Crippen LogP contribution is -2.49. The van der Waals surface area contributed by atoms with Crippen LogP contribution in [0.2, 0.25) is 0 Å². The van der Waals surface area contributed by atoms with Crippen LogP contribution < -0.4 is 5.73 Å². The number of nitrogens with zero attached hydrogens (tertiary/aromatic N) is 2. The molecule has 2 unspecified atom stereocenters. The van der Waals surface area contributed by atoms with E-state index in [0.717, 1.165) is 31.2 Å². The highest BCUT2D eigenvalue weighted by molar-refractivity contribution is 5.90. The fraction of sp³-hybridized carbons (Fsp3) is 0.367. The van der Waals surface area contributed by atoms with Crippen LogP contribution in [0.1, 0.15) is 56.1 Å². The zero-order chi connectivity index (χ0) is 26.8. The van der Waals surface area contributed by atoms with Gasteiger partial charge in [-0.05, 0) is 49.3 Å². The molecule has 3 N–H and O–H groups in total. The van der Waals surface area contributed by atoms with Crippen LogP contribution in [0.15, 0.2) is 77.3 Å². The zero-order valence-electron chi connectivity index (χ0n) is 21.3. The molecule has 3 aromatic rings. The molecule has 2 atom stereocenters. The predicted molar refractivity (Wildman–Crippen MR) is 143 cm³/mol. The van der Waals surface area contributed by atoms with Gasteiger partial charge in [0, 0.05) is 30.1 Å². The van der Waals surface area contributed by atoms with Crippen LogP contribution >= 0.6 is 0 Å². The Balaban J connectivity index is 1.66. The summed E-state index contributed by atoms with van der Waals surface area (Å²) in [6.07, 6.45) is 16.6. The van der Waals surface area contributed by atoms with Gasteiger partial charge >= 0.3 is 5.97 Å². The van der Waals surface area contributed by atoms with Crippen molar-refractivity contribution in [3.05, 3.63) is 84.0 Å². The standard InChI is InChI=1S/C30H33N3O5/c31-30(29(35)36,26-14-5-4-13-25(26)28-33-17-19-38-28)27(21-34)23(10-6-8-22-9-7-16-32-20-22)15-18-37-24-11-2-1-3-12-24/h4-9,13-14,16-17,19-20,23-24H,1-3,10-12,15,18,31H2,(H,35,36). The maximum Gasteiger partial charge on any atom is 0.333 e. The maximum absolute atomic E-state index is 12.8.